The largest absolute Gasteiger partial charge is 0.422 e. The molecule has 2 aromatic rings. The molecule has 0 aliphatic carbocycles. The van der Waals surface area contributed by atoms with Crippen LogP contribution in [0.5, 0.6) is 5.75 Å². The molecule has 1 aromatic carbocycles. The van der Waals surface area contributed by atoms with Crippen LogP contribution in [0.3, 0.4) is 0 Å². The molecular weight excluding hydrogens is 288 g/mol. The van der Waals surface area contributed by atoms with E-state index in [-0.39, 0.29) is 5.57 Å². The van der Waals surface area contributed by atoms with E-state index in [9.17, 15) is 10.1 Å². The summed E-state index contributed by atoms with van der Waals surface area (Å²) in [5.41, 5.74) is 3.03. The van der Waals surface area contributed by atoms with E-state index >= 15 is 0 Å². The lowest BCUT2D eigenvalue weighted by atomic mass is 10.1. The third-order valence-corrected chi connectivity index (χ3v) is 3.65. The minimum absolute atomic E-state index is 0.00870. The Bertz CT molecular complexity index is 765. The second kappa shape index (κ2) is 7.46. The molecule has 0 aliphatic rings. The first kappa shape index (κ1) is 16.6. The number of nitrogens with zero attached hydrogens (tertiary/aromatic N) is 2. The van der Waals surface area contributed by atoms with Gasteiger partial charge in [-0.1, -0.05) is 25.1 Å². The topological polar surface area (TPSA) is 55.0 Å². The number of aromatic nitrogens is 1. The Morgan fingerprint density at radius 2 is 2.00 bits per heavy atom. The number of hydrogen-bond donors (Lipinski definition) is 0. The molecule has 0 saturated carbocycles. The molecule has 2 rings (SSSR count). The Balaban J connectivity index is 2.27. The van der Waals surface area contributed by atoms with Crippen molar-refractivity contribution in [2.45, 2.75) is 33.7 Å². The zero-order valence-electron chi connectivity index (χ0n) is 13.7. The molecule has 0 aliphatic heterocycles. The molecule has 0 unspecified atom stereocenters. The van der Waals surface area contributed by atoms with Gasteiger partial charge in [-0.15, -0.1) is 0 Å². The van der Waals surface area contributed by atoms with Gasteiger partial charge in [0, 0.05) is 17.9 Å². The molecule has 118 valence electrons. The lowest BCUT2D eigenvalue weighted by Gasteiger charge is -2.07. The first-order valence-electron chi connectivity index (χ1n) is 7.62. The first-order chi connectivity index (χ1) is 11.1. The summed E-state index contributed by atoms with van der Waals surface area (Å²) < 4.78 is 7.41. The lowest BCUT2D eigenvalue weighted by molar-refractivity contribution is -0.129. The standard InChI is InChI=1S/C19H20N2O2/c1-4-10-21-14(2)11-16(15(21)3)12-17(13-20)19(22)23-18-8-6-5-7-9-18/h5-9,11-12H,4,10H2,1-3H3/b17-12+. The van der Waals surface area contributed by atoms with E-state index in [0.29, 0.717) is 5.75 Å². The Hall–Kier alpha value is -2.80. The van der Waals surface area contributed by atoms with Gasteiger partial charge in [0.2, 0.25) is 0 Å². The highest BCUT2D eigenvalue weighted by molar-refractivity contribution is 5.99. The van der Waals surface area contributed by atoms with E-state index in [4.69, 9.17) is 4.74 Å². The number of ether oxygens (including phenoxy) is 1. The van der Waals surface area contributed by atoms with Crippen molar-refractivity contribution in [3.8, 4) is 11.8 Å². The van der Waals surface area contributed by atoms with E-state index in [0.717, 1.165) is 29.9 Å². The van der Waals surface area contributed by atoms with Crippen LogP contribution in [-0.4, -0.2) is 10.5 Å². The van der Waals surface area contributed by atoms with E-state index in [1.54, 1.807) is 30.3 Å². The number of carbonyl (C=O) groups excluding carboxylic acids is 1. The maximum absolute atomic E-state index is 12.2. The molecular formula is C19H20N2O2. The summed E-state index contributed by atoms with van der Waals surface area (Å²) in [6, 6.07) is 12.7. The minimum Gasteiger partial charge on any atom is -0.422 e. The fourth-order valence-corrected chi connectivity index (χ4v) is 2.48. The molecule has 0 amide bonds. The normalized spacial score (nSPS) is 11.1. The highest BCUT2D eigenvalue weighted by Crippen LogP contribution is 2.19. The summed E-state index contributed by atoms with van der Waals surface area (Å²) >= 11 is 0. The van der Waals surface area contributed by atoms with Crippen LogP contribution in [0.1, 0.15) is 30.3 Å². The Labute approximate surface area is 136 Å². The summed E-state index contributed by atoms with van der Waals surface area (Å²) in [7, 11) is 0. The van der Waals surface area contributed by atoms with Gasteiger partial charge in [-0.3, -0.25) is 0 Å². The maximum atomic E-state index is 12.2. The van der Waals surface area contributed by atoms with E-state index in [1.165, 1.54) is 0 Å². The van der Waals surface area contributed by atoms with Gasteiger partial charge in [0.1, 0.15) is 17.4 Å². The van der Waals surface area contributed by atoms with Crippen LogP contribution in [0.25, 0.3) is 6.08 Å². The molecule has 0 radical (unpaired) electrons. The molecule has 23 heavy (non-hydrogen) atoms. The lowest BCUT2D eigenvalue weighted by Crippen LogP contribution is -2.10. The molecule has 0 N–H and O–H groups in total. The van der Waals surface area contributed by atoms with E-state index < -0.39 is 5.97 Å². The average molecular weight is 308 g/mol. The van der Waals surface area contributed by atoms with Gasteiger partial charge in [0.15, 0.2) is 0 Å². The number of carbonyl (C=O) groups is 1. The predicted molar refractivity (Wildman–Crippen MR) is 89.9 cm³/mol. The average Bonchev–Trinajstić information content (AvgIpc) is 2.81. The molecule has 0 bridgehead atoms. The third-order valence-electron chi connectivity index (χ3n) is 3.65. The van der Waals surface area contributed by atoms with Gasteiger partial charge in [-0.05, 0) is 50.1 Å². The maximum Gasteiger partial charge on any atom is 0.354 e. The van der Waals surface area contributed by atoms with E-state index in [2.05, 4.69) is 11.5 Å². The molecule has 4 heteroatoms. The highest BCUT2D eigenvalue weighted by atomic mass is 16.5. The summed E-state index contributed by atoms with van der Waals surface area (Å²) in [4.78, 5) is 12.2. The van der Waals surface area contributed by atoms with Gasteiger partial charge >= 0.3 is 5.97 Å². The second-order valence-corrected chi connectivity index (χ2v) is 5.35. The second-order valence-electron chi connectivity index (χ2n) is 5.35. The van der Waals surface area contributed by atoms with Crippen LogP contribution in [0.4, 0.5) is 0 Å². The number of aryl methyl sites for hydroxylation is 1. The van der Waals surface area contributed by atoms with Crippen molar-refractivity contribution in [3.63, 3.8) is 0 Å². The smallest absolute Gasteiger partial charge is 0.354 e. The monoisotopic (exact) mass is 308 g/mol. The molecule has 1 heterocycles. The van der Waals surface area contributed by atoms with Gasteiger partial charge < -0.3 is 9.30 Å². The summed E-state index contributed by atoms with van der Waals surface area (Å²) in [5.74, 6) is -0.214. The van der Waals surface area contributed by atoms with Gasteiger partial charge in [0.25, 0.3) is 0 Å². The number of esters is 1. The number of rotatable bonds is 5. The van der Waals surface area contributed by atoms with Crippen molar-refractivity contribution in [2.75, 3.05) is 0 Å². The van der Waals surface area contributed by atoms with Gasteiger partial charge in [-0.2, -0.15) is 5.26 Å². The summed E-state index contributed by atoms with van der Waals surface area (Å²) in [6.45, 7) is 7.05. The summed E-state index contributed by atoms with van der Waals surface area (Å²) in [5, 5.41) is 9.28. The van der Waals surface area contributed by atoms with Crippen LogP contribution < -0.4 is 4.74 Å². The molecule has 4 nitrogen and oxygen atoms in total. The van der Waals surface area contributed by atoms with Crippen molar-refractivity contribution in [3.05, 3.63) is 58.9 Å². The van der Waals surface area contributed by atoms with Crippen LogP contribution >= 0.6 is 0 Å². The number of para-hydroxylation sites is 1. The predicted octanol–water partition coefficient (Wildman–Crippen LogP) is 4.03. The van der Waals surface area contributed by atoms with Crippen molar-refractivity contribution in [1.82, 2.24) is 4.57 Å². The van der Waals surface area contributed by atoms with Gasteiger partial charge in [-0.25, -0.2) is 4.79 Å². The van der Waals surface area contributed by atoms with Crippen LogP contribution in [-0.2, 0) is 11.3 Å². The molecule has 1 aromatic heterocycles. The van der Waals surface area contributed by atoms with Crippen molar-refractivity contribution in [2.24, 2.45) is 0 Å². The SMILES string of the molecule is CCCn1c(C)cc(/C=C(\C#N)C(=O)Oc2ccccc2)c1C. The zero-order chi connectivity index (χ0) is 16.8. The van der Waals surface area contributed by atoms with Crippen molar-refractivity contribution < 1.29 is 9.53 Å². The minimum atomic E-state index is -0.640. The fraction of sp³-hybridized carbons (Fsp3) is 0.263. The van der Waals surface area contributed by atoms with Crippen molar-refractivity contribution >= 4 is 12.0 Å². The zero-order valence-corrected chi connectivity index (χ0v) is 13.7. The number of nitriles is 1. The van der Waals surface area contributed by atoms with E-state index in [1.807, 2.05) is 32.0 Å². The Kier molecular flexibility index (Phi) is 5.37. The molecule has 0 atom stereocenters. The number of benzene rings is 1. The molecule has 0 saturated heterocycles. The highest BCUT2D eigenvalue weighted by Gasteiger charge is 2.14. The summed E-state index contributed by atoms with van der Waals surface area (Å²) in [6.07, 6.45) is 2.63. The molecule has 0 fully saturated rings. The first-order valence-corrected chi connectivity index (χ1v) is 7.62. The number of hydrogen-bond acceptors (Lipinski definition) is 3. The Morgan fingerprint density at radius 1 is 1.30 bits per heavy atom. The van der Waals surface area contributed by atoms with Crippen LogP contribution in [0.2, 0.25) is 0 Å². The van der Waals surface area contributed by atoms with Gasteiger partial charge in [0.05, 0.1) is 0 Å². The third kappa shape index (κ3) is 3.89. The quantitative estimate of drug-likeness (QED) is 0.363. The van der Waals surface area contributed by atoms with Crippen LogP contribution in [0.15, 0.2) is 42.0 Å². The molecule has 0 spiro atoms. The van der Waals surface area contributed by atoms with Crippen LogP contribution in [0, 0.1) is 25.2 Å². The fourth-order valence-electron chi connectivity index (χ4n) is 2.48. The Morgan fingerprint density at radius 3 is 2.61 bits per heavy atom. The van der Waals surface area contributed by atoms with Crippen molar-refractivity contribution in [1.29, 1.82) is 5.26 Å².